The Bertz CT molecular complexity index is 897. The molecule has 6 nitrogen and oxygen atoms in total. The number of rotatable bonds is 7. The number of ether oxygens (including phenoxy) is 2. The molecule has 0 saturated carbocycles. The van der Waals surface area contributed by atoms with Crippen LogP contribution >= 0.6 is 0 Å². The predicted molar refractivity (Wildman–Crippen MR) is 97.3 cm³/mol. The van der Waals surface area contributed by atoms with Gasteiger partial charge in [-0.2, -0.15) is 0 Å². The van der Waals surface area contributed by atoms with Crippen LogP contribution in [0.4, 0.5) is 5.69 Å². The number of aromatic nitrogens is 1. The second-order valence-electron chi connectivity index (χ2n) is 5.44. The fourth-order valence-corrected chi connectivity index (χ4v) is 2.68. The van der Waals surface area contributed by atoms with Crippen LogP contribution in [0.25, 0.3) is 28.2 Å². The molecule has 2 aromatic carbocycles. The highest BCUT2D eigenvalue weighted by Crippen LogP contribution is 2.32. The topological polar surface area (TPSA) is 77.4 Å². The number of nitrogens with zero attached hydrogens (tertiary/aromatic N) is 1. The molecular formula is C19H18N2O4. The summed E-state index contributed by atoms with van der Waals surface area (Å²) in [6, 6.07) is 14.5. The van der Waals surface area contributed by atoms with Crippen LogP contribution in [-0.4, -0.2) is 30.4 Å². The molecule has 0 amide bonds. The van der Waals surface area contributed by atoms with Crippen molar-refractivity contribution in [1.82, 2.24) is 4.98 Å². The lowest BCUT2D eigenvalue weighted by Crippen LogP contribution is -1.95. The Hall–Kier alpha value is -2.96. The van der Waals surface area contributed by atoms with Crippen LogP contribution in [0.1, 0.15) is 5.56 Å². The number of H-pyrrole nitrogens is 1. The van der Waals surface area contributed by atoms with Gasteiger partial charge in [-0.3, -0.25) is 10.1 Å². The Balaban J connectivity index is 1.98. The molecule has 0 aliphatic heterocycles. The molecule has 3 rings (SSSR count). The second-order valence-corrected chi connectivity index (χ2v) is 5.44. The molecule has 0 saturated heterocycles. The fraction of sp³-hybridized carbons (Fsp3) is 0.158. The molecule has 1 aromatic heterocycles. The van der Waals surface area contributed by atoms with Crippen molar-refractivity contribution in [1.29, 1.82) is 0 Å². The first-order valence-corrected chi connectivity index (χ1v) is 7.79. The van der Waals surface area contributed by atoms with Crippen LogP contribution in [0.2, 0.25) is 0 Å². The van der Waals surface area contributed by atoms with Gasteiger partial charge in [-0.1, -0.05) is 30.4 Å². The van der Waals surface area contributed by atoms with Crippen LogP contribution in [0.3, 0.4) is 0 Å². The van der Waals surface area contributed by atoms with Crippen molar-refractivity contribution in [3.05, 3.63) is 70.3 Å². The summed E-state index contributed by atoms with van der Waals surface area (Å²) in [5.74, 6) is 0. The number of fused-ring (bicyclic) bond motifs is 1. The molecule has 1 heterocycles. The predicted octanol–water partition coefficient (Wildman–Crippen LogP) is 4.38. The summed E-state index contributed by atoms with van der Waals surface area (Å²) in [7, 11) is 1.58. The number of aromatic amines is 1. The minimum Gasteiger partial charge on any atom is -0.359 e. The number of hydrogen-bond acceptors (Lipinski definition) is 4. The van der Waals surface area contributed by atoms with E-state index in [1.54, 1.807) is 19.2 Å². The zero-order valence-corrected chi connectivity index (χ0v) is 13.8. The van der Waals surface area contributed by atoms with E-state index in [9.17, 15) is 10.1 Å². The van der Waals surface area contributed by atoms with Crippen molar-refractivity contribution in [2.75, 3.05) is 20.5 Å². The number of methoxy groups -OCH3 is 1. The Kier molecular flexibility index (Phi) is 5.23. The third-order valence-corrected chi connectivity index (χ3v) is 3.81. The van der Waals surface area contributed by atoms with Crippen LogP contribution < -0.4 is 0 Å². The first-order valence-electron chi connectivity index (χ1n) is 7.79. The minimum atomic E-state index is -0.400. The number of benzene rings is 2. The van der Waals surface area contributed by atoms with E-state index in [1.807, 2.05) is 36.4 Å². The van der Waals surface area contributed by atoms with Crippen LogP contribution in [0.15, 0.2) is 54.6 Å². The molecule has 0 radical (unpaired) electrons. The van der Waals surface area contributed by atoms with Gasteiger partial charge in [-0.25, -0.2) is 0 Å². The molecule has 0 aliphatic carbocycles. The van der Waals surface area contributed by atoms with Crippen molar-refractivity contribution in [3.63, 3.8) is 0 Å². The van der Waals surface area contributed by atoms with E-state index < -0.39 is 4.92 Å². The van der Waals surface area contributed by atoms with Crippen molar-refractivity contribution < 1.29 is 14.4 Å². The van der Waals surface area contributed by atoms with E-state index >= 15 is 0 Å². The van der Waals surface area contributed by atoms with Crippen LogP contribution in [0.5, 0.6) is 0 Å². The maximum Gasteiger partial charge on any atom is 0.269 e. The summed E-state index contributed by atoms with van der Waals surface area (Å²) < 4.78 is 10.1. The molecule has 0 bridgehead atoms. The number of nitrogens with one attached hydrogen (secondary N) is 1. The highest BCUT2D eigenvalue weighted by Gasteiger charge is 2.12. The summed E-state index contributed by atoms with van der Waals surface area (Å²) in [6.45, 7) is 0.681. The maximum absolute atomic E-state index is 10.8. The Morgan fingerprint density at radius 1 is 1.16 bits per heavy atom. The number of para-hydroxylation sites is 1. The van der Waals surface area contributed by atoms with Crippen LogP contribution in [0, 0.1) is 10.1 Å². The normalized spacial score (nSPS) is 11.4. The Labute approximate surface area is 144 Å². The quantitative estimate of drug-likeness (QED) is 0.300. The van der Waals surface area contributed by atoms with Gasteiger partial charge in [0.1, 0.15) is 6.79 Å². The molecule has 0 spiro atoms. The van der Waals surface area contributed by atoms with Crippen molar-refractivity contribution in [2.24, 2.45) is 0 Å². The van der Waals surface area contributed by atoms with E-state index in [-0.39, 0.29) is 12.5 Å². The third-order valence-electron chi connectivity index (χ3n) is 3.81. The first kappa shape index (κ1) is 16.9. The molecule has 1 N–H and O–H groups in total. The Morgan fingerprint density at radius 2 is 1.92 bits per heavy atom. The molecule has 0 fully saturated rings. The SMILES string of the molecule is COCOC/C=C/c1c(-c2ccc([N+](=O)[O-])cc2)[nH]c2ccccc12. The lowest BCUT2D eigenvalue weighted by molar-refractivity contribution is -0.384. The van der Waals surface area contributed by atoms with Gasteiger partial charge in [0.15, 0.2) is 0 Å². The van der Waals surface area contributed by atoms with Gasteiger partial charge < -0.3 is 14.5 Å². The highest BCUT2D eigenvalue weighted by atomic mass is 16.7. The number of non-ortho nitro benzene ring substituents is 1. The van der Waals surface area contributed by atoms with E-state index in [0.29, 0.717) is 6.61 Å². The molecule has 3 aromatic rings. The highest BCUT2D eigenvalue weighted by molar-refractivity contribution is 5.96. The molecule has 128 valence electrons. The molecule has 25 heavy (non-hydrogen) atoms. The average molecular weight is 338 g/mol. The van der Waals surface area contributed by atoms with Gasteiger partial charge in [-0.15, -0.1) is 0 Å². The molecule has 0 atom stereocenters. The second kappa shape index (κ2) is 7.74. The van der Waals surface area contributed by atoms with Crippen molar-refractivity contribution in [3.8, 4) is 11.3 Å². The Morgan fingerprint density at radius 3 is 2.64 bits per heavy atom. The standard InChI is InChI=1S/C19H18N2O4/c1-24-13-25-12-4-6-17-16-5-2-3-7-18(16)20-19(17)14-8-10-15(11-9-14)21(22)23/h2-11,20H,12-13H2,1H3/b6-4+. The smallest absolute Gasteiger partial charge is 0.269 e. The summed E-state index contributed by atoms with van der Waals surface area (Å²) >= 11 is 0. The number of nitro groups is 1. The van der Waals surface area contributed by atoms with Gasteiger partial charge >= 0.3 is 0 Å². The van der Waals surface area contributed by atoms with E-state index in [1.165, 1.54) is 12.1 Å². The molecule has 0 aliphatic rings. The molecular weight excluding hydrogens is 320 g/mol. The van der Waals surface area contributed by atoms with Gasteiger partial charge in [0.05, 0.1) is 17.2 Å². The molecule has 0 unspecified atom stereocenters. The fourth-order valence-electron chi connectivity index (χ4n) is 2.68. The number of nitro benzene ring substituents is 1. The monoisotopic (exact) mass is 338 g/mol. The van der Waals surface area contributed by atoms with Gasteiger partial charge in [0.25, 0.3) is 5.69 Å². The minimum absolute atomic E-state index is 0.0740. The lowest BCUT2D eigenvalue weighted by atomic mass is 10.0. The van der Waals surface area contributed by atoms with Gasteiger partial charge in [0, 0.05) is 35.7 Å². The van der Waals surface area contributed by atoms with Gasteiger partial charge in [0.2, 0.25) is 0 Å². The number of hydrogen-bond donors (Lipinski definition) is 1. The van der Waals surface area contributed by atoms with Crippen LogP contribution in [-0.2, 0) is 9.47 Å². The summed E-state index contributed by atoms with van der Waals surface area (Å²) in [6.07, 6.45) is 3.91. The third kappa shape index (κ3) is 3.76. The van der Waals surface area contributed by atoms with Crippen molar-refractivity contribution in [2.45, 2.75) is 0 Å². The van der Waals surface area contributed by atoms with E-state index in [2.05, 4.69) is 4.98 Å². The maximum atomic E-state index is 10.8. The molecule has 6 heteroatoms. The first-order chi connectivity index (χ1) is 12.2. The van der Waals surface area contributed by atoms with E-state index in [4.69, 9.17) is 9.47 Å². The van der Waals surface area contributed by atoms with Crippen molar-refractivity contribution >= 4 is 22.7 Å². The average Bonchev–Trinajstić information content (AvgIpc) is 3.00. The summed E-state index contributed by atoms with van der Waals surface area (Å²) in [5.41, 5.74) is 3.90. The van der Waals surface area contributed by atoms with E-state index in [0.717, 1.165) is 27.7 Å². The largest absolute Gasteiger partial charge is 0.359 e. The van der Waals surface area contributed by atoms with Gasteiger partial charge in [-0.05, 0) is 23.8 Å². The summed E-state index contributed by atoms with van der Waals surface area (Å²) in [4.78, 5) is 13.8. The lowest BCUT2D eigenvalue weighted by Gasteiger charge is -2.02. The summed E-state index contributed by atoms with van der Waals surface area (Å²) in [5, 5.41) is 11.9. The zero-order chi connectivity index (χ0) is 17.6. The zero-order valence-electron chi connectivity index (χ0n) is 13.8.